The van der Waals surface area contributed by atoms with Crippen LogP contribution in [0.2, 0.25) is 0 Å². The van der Waals surface area contributed by atoms with Crippen molar-refractivity contribution in [2.75, 3.05) is 32.5 Å². The van der Waals surface area contributed by atoms with E-state index in [2.05, 4.69) is 15.0 Å². The fourth-order valence-electron chi connectivity index (χ4n) is 3.15. The molecule has 0 amide bonds. The summed E-state index contributed by atoms with van der Waals surface area (Å²) < 4.78 is 15.2. The molecule has 0 fully saturated rings. The molecular weight excluding hydrogens is 376 g/mol. The van der Waals surface area contributed by atoms with Crippen molar-refractivity contribution in [2.24, 2.45) is 0 Å². The number of aromatic nitrogens is 3. The fourth-order valence-corrected chi connectivity index (χ4v) is 3.15. The summed E-state index contributed by atoms with van der Waals surface area (Å²) in [6.07, 6.45) is 3.41. The second-order valence-electron chi connectivity index (χ2n) is 6.24. The SMILES string of the molecule is COC(=O)C1=C(C(=O)OC)N(c2ccc3nc(-c4cccnc4)[nH]c3c2)COC1. The minimum Gasteiger partial charge on any atom is -0.466 e. The Bertz CT molecular complexity index is 1110. The smallest absolute Gasteiger partial charge is 0.355 e. The maximum atomic E-state index is 12.4. The van der Waals surface area contributed by atoms with Gasteiger partial charge in [-0.2, -0.15) is 0 Å². The van der Waals surface area contributed by atoms with Crippen LogP contribution in [0.15, 0.2) is 54.0 Å². The van der Waals surface area contributed by atoms with Crippen LogP contribution < -0.4 is 4.90 Å². The first-order chi connectivity index (χ1) is 14.1. The third-order valence-corrected chi connectivity index (χ3v) is 4.55. The maximum Gasteiger partial charge on any atom is 0.355 e. The first-order valence-electron chi connectivity index (χ1n) is 8.77. The molecule has 29 heavy (non-hydrogen) atoms. The summed E-state index contributed by atoms with van der Waals surface area (Å²) in [7, 11) is 2.51. The molecule has 0 bridgehead atoms. The van der Waals surface area contributed by atoms with Gasteiger partial charge in [-0.05, 0) is 30.3 Å². The van der Waals surface area contributed by atoms with Crippen LogP contribution in [0, 0.1) is 0 Å². The standard InChI is InChI=1S/C20H18N4O5/c1-27-19(25)14-10-29-11-24(17(14)20(26)28-2)13-5-6-15-16(8-13)23-18(22-15)12-4-3-7-21-9-12/h3-9H,10-11H2,1-2H3,(H,22,23). The lowest BCUT2D eigenvalue weighted by atomic mass is 10.1. The van der Waals surface area contributed by atoms with Gasteiger partial charge in [0.15, 0.2) is 0 Å². The topological polar surface area (TPSA) is 107 Å². The number of esters is 2. The second-order valence-corrected chi connectivity index (χ2v) is 6.24. The van der Waals surface area contributed by atoms with Gasteiger partial charge in [0, 0.05) is 23.6 Å². The molecule has 1 aliphatic heterocycles. The number of hydrogen-bond acceptors (Lipinski definition) is 8. The average Bonchev–Trinajstić information content (AvgIpc) is 3.21. The molecule has 0 saturated carbocycles. The molecule has 148 valence electrons. The highest BCUT2D eigenvalue weighted by Crippen LogP contribution is 2.30. The average molecular weight is 394 g/mol. The van der Waals surface area contributed by atoms with E-state index in [4.69, 9.17) is 14.2 Å². The normalized spacial score (nSPS) is 14.2. The number of nitrogens with one attached hydrogen (secondary N) is 1. The summed E-state index contributed by atoms with van der Waals surface area (Å²) in [6, 6.07) is 9.19. The fraction of sp³-hybridized carbons (Fsp3) is 0.200. The highest BCUT2D eigenvalue weighted by Gasteiger charge is 2.32. The number of imidazole rings is 1. The Morgan fingerprint density at radius 1 is 1.17 bits per heavy atom. The molecule has 1 aromatic carbocycles. The number of hydrogen-bond donors (Lipinski definition) is 1. The number of carbonyl (C=O) groups excluding carboxylic acids is 2. The molecule has 3 aromatic rings. The summed E-state index contributed by atoms with van der Waals surface area (Å²) in [6.45, 7) is 0.0467. The van der Waals surface area contributed by atoms with E-state index >= 15 is 0 Å². The van der Waals surface area contributed by atoms with Crippen LogP contribution in [-0.4, -0.2) is 54.4 Å². The van der Waals surface area contributed by atoms with Gasteiger partial charge in [-0.25, -0.2) is 14.6 Å². The molecule has 0 spiro atoms. The molecule has 9 nitrogen and oxygen atoms in total. The van der Waals surface area contributed by atoms with Crippen molar-refractivity contribution in [1.29, 1.82) is 0 Å². The van der Waals surface area contributed by atoms with Gasteiger partial charge >= 0.3 is 11.9 Å². The maximum absolute atomic E-state index is 12.4. The van der Waals surface area contributed by atoms with Crippen molar-refractivity contribution in [3.63, 3.8) is 0 Å². The van der Waals surface area contributed by atoms with Crippen LogP contribution in [0.1, 0.15) is 0 Å². The first kappa shape index (κ1) is 18.6. The van der Waals surface area contributed by atoms with E-state index in [0.29, 0.717) is 11.5 Å². The quantitative estimate of drug-likeness (QED) is 0.670. The van der Waals surface area contributed by atoms with Crippen LogP contribution in [0.3, 0.4) is 0 Å². The number of nitrogens with zero attached hydrogens (tertiary/aromatic N) is 3. The van der Waals surface area contributed by atoms with Crippen molar-refractivity contribution in [1.82, 2.24) is 15.0 Å². The Balaban J connectivity index is 1.78. The van der Waals surface area contributed by atoms with Gasteiger partial charge in [-0.3, -0.25) is 4.98 Å². The summed E-state index contributed by atoms with van der Waals surface area (Å²) in [5.41, 5.74) is 3.21. The Kier molecular flexibility index (Phi) is 4.96. The minimum atomic E-state index is -0.644. The molecule has 0 aliphatic carbocycles. The third kappa shape index (κ3) is 3.43. The van der Waals surface area contributed by atoms with Crippen molar-refractivity contribution >= 4 is 28.7 Å². The Morgan fingerprint density at radius 3 is 2.72 bits per heavy atom. The van der Waals surface area contributed by atoms with Crippen LogP contribution in [0.5, 0.6) is 0 Å². The second kappa shape index (κ2) is 7.72. The van der Waals surface area contributed by atoms with Gasteiger partial charge in [0.1, 0.15) is 18.3 Å². The Labute approximate surface area is 165 Å². The van der Waals surface area contributed by atoms with Crippen LogP contribution >= 0.6 is 0 Å². The number of benzene rings is 1. The summed E-state index contributed by atoms with van der Waals surface area (Å²) >= 11 is 0. The molecule has 0 radical (unpaired) electrons. The zero-order valence-corrected chi connectivity index (χ0v) is 15.8. The number of aromatic amines is 1. The molecule has 0 unspecified atom stereocenters. The number of fused-ring (bicyclic) bond motifs is 1. The molecule has 3 heterocycles. The van der Waals surface area contributed by atoms with E-state index in [1.165, 1.54) is 14.2 Å². The van der Waals surface area contributed by atoms with Gasteiger partial charge in [-0.15, -0.1) is 0 Å². The molecule has 2 aromatic heterocycles. The number of carbonyl (C=O) groups is 2. The van der Waals surface area contributed by atoms with Crippen molar-refractivity contribution in [2.45, 2.75) is 0 Å². The molecule has 4 rings (SSSR count). The summed E-state index contributed by atoms with van der Waals surface area (Å²) in [5.74, 6) is -0.606. The summed E-state index contributed by atoms with van der Waals surface area (Å²) in [4.78, 5) is 38.1. The number of methoxy groups -OCH3 is 2. The minimum absolute atomic E-state index is 0.0366. The number of pyridine rings is 1. The third-order valence-electron chi connectivity index (χ3n) is 4.55. The highest BCUT2D eigenvalue weighted by atomic mass is 16.5. The van der Waals surface area contributed by atoms with Crippen LogP contribution in [0.4, 0.5) is 5.69 Å². The Morgan fingerprint density at radius 2 is 2.00 bits per heavy atom. The van der Waals surface area contributed by atoms with Gasteiger partial charge in [0.05, 0.1) is 37.4 Å². The monoisotopic (exact) mass is 394 g/mol. The number of rotatable bonds is 4. The lowest BCUT2D eigenvalue weighted by Crippen LogP contribution is -2.38. The van der Waals surface area contributed by atoms with Crippen LogP contribution in [-0.2, 0) is 23.8 Å². The molecule has 9 heteroatoms. The largest absolute Gasteiger partial charge is 0.466 e. The van der Waals surface area contributed by atoms with E-state index in [1.54, 1.807) is 23.4 Å². The van der Waals surface area contributed by atoms with E-state index in [-0.39, 0.29) is 24.6 Å². The molecule has 0 saturated heterocycles. The highest BCUT2D eigenvalue weighted by molar-refractivity contribution is 6.03. The zero-order valence-electron chi connectivity index (χ0n) is 15.8. The molecule has 0 atom stereocenters. The predicted octanol–water partition coefficient (Wildman–Crippen LogP) is 2.02. The van der Waals surface area contributed by atoms with Gasteiger partial charge in [0.25, 0.3) is 0 Å². The van der Waals surface area contributed by atoms with Gasteiger partial charge in [-0.1, -0.05) is 0 Å². The van der Waals surface area contributed by atoms with E-state index in [1.807, 2.05) is 24.3 Å². The van der Waals surface area contributed by atoms with E-state index in [0.717, 1.165) is 16.6 Å². The lowest BCUT2D eigenvalue weighted by Gasteiger charge is -2.31. The van der Waals surface area contributed by atoms with Crippen molar-refractivity contribution in [3.8, 4) is 11.4 Å². The lowest BCUT2D eigenvalue weighted by molar-refractivity contribution is -0.140. The Hall–Kier alpha value is -3.72. The van der Waals surface area contributed by atoms with Gasteiger partial charge < -0.3 is 24.1 Å². The van der Waals surface area contributed by atoms with E-state index < -0.39 is 11.9 Å². The van der Waals surface area contributed by atoms with Crippen molar-refractivity contribution < 1.29 is 23.8 Å². The first-order valence-corrected chi connectivity index (χ1v) is 8.77. The number of ether oxygens (including phenoxy) is 3. The predicted molar refractivity (Wildman–Crippen MR) is 104 cm³/mol. The van der Waals surface area contributed by atoms with Crippen LogP contribution in [0.25, 0.3) is 22.4 Å². The molecular formula is C20H18N4O5. The molecule has 1 N–H and O–H groups in total. The van der Waals surface area contributed by atoms with E-state index in [9.17, 15) is 9.59 Å². The molecule has 1 aliphatic rings. The van der Waals surface area contributed by atoms with Gasteiger partial charge in [0.2, 0.25) is 0 Å². The van der Waals surface area contributed by atoms with Crippen molar-refractivity contribution in [3.05, 3.63) is 54.0 Å². The number of anilines is 1. The zero-order chi connectivity index (χ0) is 20.4. The summed E-state index contributed by atoms with van der Waals surface area (Å²) in [5, 5.41) is 0. The number of H-pyrrole nitrogens is 1.